The van der Waals surface area contributed by atoms with Crippen molar-refractivity contribution in [2.24, 2.45) is 5.73 Å². The van der Waals surface area contributed by atoms with Gasteiger partial charge in [-0.05, 0) is 11.1 Å². The minimum atomic E-state index is -3.36. The zero-order valence-electron chi connectivity index (χ0n) is 12.4. The Morgan fingerprint density at radius 2 is 2.00 bits per heavy atom. The molecular weight excluding hydrogens is 311 g/mol. The summed E-state index contributed by atoms with van der Waals surface area (Å²) in [5, 5.41) is 5.60. The van der Waals surface area contributed by atoms with Crippen molar-refractivity contribution in [3.8, 4) is 0 Å². The van der Waals surface area contributed by atoms with E-state index in [4.69, 9.17) is 5.73 Å². The largest absolute Gasteiger partial charge is 0.364 e. The van der Waals surface area contributed by atoms with Crippen LogP contribution in [0.15, 0.2) is 29.1 Å². The molecule has 122 valence electrons. The second-order valence-electron chi connectivity index (χ2n) is 5.22. The monoisotopic (exact) mass is 325 g/mol. The molecule has 1 atom stereocenters. The van der Waals surface area contributed by atoms with E-state index in [9.17, 15) is 22.8 Å². The molecule has 0 unspecified atom stereocenters. The fourth-order valence-corrected chi connectivity index (χ4v) is 2.34. The molecule has 2 rings (SSSR count). The second-order valence-corrected chi connectivity index (χ2v) is 5.22. The highest BCUT2D eigenvalue weighted by atomic mass is 19.3. The molecule has 0 saturated carbocycles. The lowest BCUT2D eigenvalue weighted by Crippen LogP contribution is -2.23. The van der Waals surface area contributed by atoms with Crippen LogP contribution in [0.1, 0.15) is 46.9 Å². The Hall–Kier alpha value is -2.64. The number of nitrogens with two attached hydrogens (primary N) is 1. The molecule has 2 aromatic rings. The van der Waals surface area contributed by atoms with Crippen molar-refractivity contribution in [1.82, 2.24) is 10.2 Å². The SMILES string of the molecule is C[C@H](c1cc(=O)[nH]nc1C(N)=O)c1cccc(C(C)(F)F)c1F. The Bertz CT molecular complexity index is 812. The molecule has 1 aromatic heterocycles. The molecule has 0 aliphatic rings. The van der Waals surface area contributed by atoms with Crippen LogP contribution in [0.25, 0.3) is 0 Å². The first-order valence-electron chi connectivity index (χ1n) is 6.69. The number of nitrogens with zero attached hydrogens (tertiary/aromatic N) is 1. The molecule has 5 nitrogen and oxygen atoms in total. The van der Waals surface area contributed by atoms with E-state index in [1.54, 1.807) is 0 Å². The maximum absolute atomic E-state index is 14.4. The highest BCUT2D eigenvalue weighted by Gasteiger charge is 2.31. The maximum Gasteiger partial charge on any atom is 0.273 e. The van der Waals surface area contributed by atoms with E-state index < -0.39 is 34.7 Å². The molecule has 0 spiro atoms. The zero-order valence-corrected chi connectivity index (χ0v) is 12.4. The summed E-state index contributed by atoms with van der Waals surface area (Å²) in [6, 6.07) is 4.62. The third kappa shape index (κ3) is 3.25. The zero-order chi connectivity index (χ0) is 17.4. The van der Waals surface area contributed by atoms with Gasteiger partial charge >= 0.3 is 0 Å². The minimum Gasteiger partial charge on any atom is -0.364 e. The number of halogens is 3. The summed E-state index contributed by atoms with van der Waals surface area (Å²) in [6.45, 7) is 2.06. The average Bonchev–Trinajstić information content (AvgIpc) is 2.45. The molecule has 1 heterocycles. The standard InChI is InChI=1S/C15H14F3N3O2/c1-7(9-6-11(22)20-21-13(9)14(19)23)8-4-3-5-10(12(8)16)15(2,17)18/h3-7H,1-2H3,(H2,19,23)(H,20,22)/t7-/m0/s1. The van der Waals surface area contributed by atoms with Gasteiger partial charge in [-0.25, -0.2) is 18.3 Å². The second kappa shape index (κ2) is 5.86. The Balaban J connectivity index is 2.63. The number of H-pyrrole nitrogens is 1. The van der Waals surface area contributed by atoms with Gasteiger partial charge in [0.1, 0.15) is 5.82 Å². The lowest BCUT2D eigenvalue weighted by Gasteiger charge is -2.19. The molecule has 0 saturated heterocycles. The van der Waals surface area contributed by atoms with E-state index in [-0.39, 0.29) is 16.8 Å². The van der Waals surface area contributed by atoms with Crippen molar-refractivity contribution in [2.45, 2.75) is 25.7 Å². The molecule has 8 heteroatoms. The fraction of sp³-hybridized carbons (Fsp3) is 0.267. The number of primary amides is 1. The van der Waals surface area contributed by atoms with Gasteiger partial charge in [0.05, 0.1) is 5.56 Å². The number of aromatic amines is 1. The first-order chi connectivity index (χ1) is 10.6. The number of rotatable bonds is 4. The van der Waals surface area contributed by atoms with E-state index >= 15 is 0 Å². The van der Waals surface area contributed by atoms with Gasteiger partial charge in [-0.3, -0.25) is 9.59 Å². The number of nitrogens with one attached hydrogen (secondary N) is 1. The van der Waals surface area contributed by atoms with Gasteiger partial charge < -0.3 is 5.73 Å². The van der Waals surface area contributed by atoms with E-state index in [1.165, 1.54) is 19.1 Å². The summed E-state index contributed by atoms with van der Waals surface area (Å²) in [7, 11) is 0. The normalized spacial score (nSPS) is 12.9. The molecule has 0 fully saturated rings. The number of hydrogen-bond donors (Lipinski definition) is 2. The van der Waals surface area contributed by atoms with Gasteiger partial charge in [0.2, 0.25) is 0 Å². The summed E-state index contributed by atoms with van der Waals surface area (Å²) < 4.78 is 41.3. The summed E-state index contributed by atoms with van der Waals surface area (Å²) >= 11 is 0. The Kier molecular flexibility index (Phi) is 4.26. The number of benzene rings is 1. The predicted molar refractivity (Wildman–Crippen MR) is 76.9 cm³/mol. The van der Waals surface area contributed by atoms with Gasteiger partial charge in [0, 0.05) is 18.9 Å². The topological polar surface area (TPSA) is 88.8 Å². The maximum atomic E-state index is 14.4. The molecule has 3 N–H and O–H groups in total. The van der Waals surface area contributed by atoms with Crippen molar-refractivity contribution < 1.29 is 18.0 Å². The third-order valence-corrected chi connectivity index (χ3v) is 3.51. The number of carbonyl (C=O) groups is 1. The van der Waals surface area contributed by atoms with Crippen LogP contribution >= 0.6 is 0 Å². The number of carbonyl (C=O) groups excluding carboxylic acids is 1. The third-order valence-electron chi connectivity index (χ3n) is 3.51. The fourth-order valence-electron chi connectivity index (χ4n) is 2.34. The van der Waals surface area contributed by atoms with Crippen LogP contribution in [0, 0.1) is 5.82 Å². The minimum absolute atomic E-state index is 0.0664. The lowest BCUT2D eigenvalue weighted by atomic mass is 9.89. The van der Waals surface area contributed by atoms with E-state index in [0.29, 0.717) is 6.92 Å². The van der Waals surface area contributed by atoms with Crippen LogP contribution in [0.4, 0.5) is 13.2 Å². The molecule has 0 radical (unpaired) electrons. The Morgan fingerprint density at radius 3 is 2.57 bits per heavy atom. The van der Waals surface area contributed by atoms with Gasteiger partial charge in [0.15, 0.2) is 5.69 Å². The molecular formula is C15H14F3N3O2. The molecule has 1 aromatic carbocycles. The van der Waals surface area contributed by atoms with E-state index in [0.717, 1.165) is 12.1 Å². The van der Waals surface area contributed by atoms with Gasteiger partial charge in [-0.15, -0.1) is 0 Å². The van der Waals surface area contributed by atoms with Gasteiger partial charge in [-0.1, -0.05) is 25.1 Å². The summed E-state index contributed by atoms with van der Waals surface area (Å²) in [5.41, 5.74) is 3.54. The van der Waals surface area contributed by atoms with Gasteiger partial charge in [-0.2, -0.15) is 5.10 Å². The number of hydrogen-bond acceptors (Lipinski definition) is 3. The van der Waals surface area contributed by atoms with Crippen LogP contribution in [0.2, 0.25) is 0 Å². The van der Waals surface area contributed by atoms with Crippen LogP contribution in [0.3, 0.4) is 0 Å². The predicted octanol–water partition coefficient (Wildman–Crippen LogP) is 2.27. The summed E-state index contributed by atoms with van der Waals surface area (Å²) in [4.78, 5) is 22.8. The average molecular weight is 325 g/mol. The molecule has 0 bridgehead atoms. The Labute approximate surface area is 129 Å². The van der Waals surface area contributed by atoms with Crippen molar-refractivity contribution in [1.29, 1.82) is 0 Å². The molecule has 0 aliphatic carbocycles. The highest BCUT2D eigenvalue weighted by Crippen LogP contribution is 2.34. The molecule has 1 amide bonds. The van der Waals surface area contributed by atoms with Crippen molar-refractivity contribution in [3.05, 3.63) is 62.8 Å². The van der Waals surface area contributed by atoms with Crippen LogP contribution in [-0.4, -0.2) is 16.1 Å². The smallest absolute Gasteiger partial charge is 0.273 e. The summed E-state index contributed by atoms with van der Waals surface area (Å²) in [6.07, 6.45) is 0. The van der Waals surface area contributed by atoms with E-state index in [1.807, 2.05) is 0 Å². The number of aromatic nitrogens is 2. The van der Waals surface area contributed by atoms with Crippen LogP contribution in [-0.2, 0) is 5.92 Å². The van der Waals surface area contributed by atoms with E-state index in [2.05, 4.69) is 10.2 Å². The Morgan fingerprint density at radius 1 is 1.35 bits per heavy atom. The quantitative estimate of drug-likeness (QED) is 0.904. The lowest BCUT2D eigenvalue weighted by molar-refractivity contribution is 0.0136. The first kappa shape index (κ1) is 16.7. The van der Waals surface area contributed by atoms with Crippen LogP contribution in [0.5, 0.6) is 0 Å². The molecule has 23 heavy (non-hydrogen) atoms. The highest BCUT2D eigenvalue weighted by molar-refractivity contribution is 5.92. The summed E-state index contributed by atoms with van der Waals surface area (Å²) in [5.74, 6) is -6.24. The van der Waals surface area contributed by atoms with Gasteiger partial charge in [0.25, 0.3) is 17.4 Å². The van der Waals surface area contributed by atoms with Crippen LogP contribution < -0.4 is 11.3 Å². The molecule has 0 aliphatic heterocycles. The van der Waals surface area contributed by atoms with Crippen molar-refractivity contribution in [2.75, 3.05) is 0 Å². The number of alkyl halides is 2. The van der Waals surface area contributed by atoms with Crippen molar-refractivity contribution in [3.63, 3.8) is 0 Å². The number of amides is 1. The van der Waals surface area contributed by atoms with Crippen molar-refractivity contribution >= 4 is 5.91 Å². The first-order valence-corrected chi connectivity index (χ1v) is 6.69.